The summed E-state index contributed by atoms with van der Waals surface area (Å²) in [6.07, 6.45) is 1.88. The number of nitrogens with one attached hydrogen (secondary N) is 1. The fraction of sp³-hybridized carbons (Fsp3) is 0.545. The van der Waals surface area contributed by atoms with Gasteiger partial charge in [-0.25, -0.2) is 9.78 Å². The van der Waals surface area contributed by atoms with Crippen molar-refractivity contribution in [3.8, 4) is 17.1 Å². The van der Waals surface area contributed by atoms with Crippen LogP contribution in [0.25, 0.3) is 11.4 Å². The number of carbonyl (C=O) groups is 1. The first-order valence-electron chi connectivity index (χ1n) is 10.3. The molecule has 9 heteroatoms. The number of halogens is 1. The zero-order chi connectivity index (χ0) is 22.8. The average molecular weight is 492 g/mol. The van der Waals surface area contributed by atoms with Gasteiger partial charge in [0.15, 0.2) is 11.6 Å². The van der Waals surface area contributed by atoms with Crippen LogP contribution in [-0.4, -0.2) is 51.6 Å². The van der Waals surface area contributed by atoms with Crippen LogP contribution in [0.15, 0.2) is 28.9 Å². The number of ether oxygens (including phenoxy) is 2. The van der Waals surface area contributed by atoms with Crippen molar-refractivity contribution in [1.82, 2.24) is 20.5 Å². The summed E-state index contributed by atoms with van der Waals surface area (Å²) in [5.74, 6) is 1.06. The number of pyridine rings is 1. The van der Waals surface area contributed by atoms with Gasteiger partial charge in [0.1, 0.15) is 17.0 Å². The van der Waals surface area contributed by atoms with Crippen LogP contribution in [0.1, 0.15) is 48.0 Å². The van der Waals surface area contributed by atoms with Gasteiger partial charge in [0.2, 0.25) is 0 Å². The minimum Gasteiger partial charge on any atom is -0.428 e. The van der Waals surface area contributed by atoms with E-state index in [0.717, 1.165) is 25.3 Å². The van der Waals surface area contributed by atoms with E-state index >= 15 is 0 Å². The Morgan fingerprint density at radius 2 is 1.94 bits per heavy atom. The predicted molar refractivity (Wildman–Crippen MR) is 123 cm³/mol. The second kappa shape index (κ2) is 9.08. The van der Waals surface area contributed by atoms with Crippen LogP contribution in [0.3, 0.4) is 0 Å². The molecule has 1 aliphatic heterocycles. The van der Waals surface area contributed by atoms with Crippen LogP contribution in [0.4, 0.5) is 10.6 Å². The molecule has 0 unspecified atom stereocenters. The largest absolute Gasteiger partial charge is 0.514 e. The molecule has 0 aliphatic carbocycles. The van der Waals surface area contributed by atoms with E-state index in [9.17, 15) is 4.79 Å². The van der Waals surface area contributed by atoms with Crippen LogP contribution in [0, 0.1) is 0 Å². The quantitative estimate of drug-likeness (QED) is 0.621. The number of hydrogen-bond donors (Lipinski definition) is 1. The zero-order valence-corrected chi connectivity index (χ0v) is 20.5. The molecule has 2 aromatic heterocycles. The molecule has 1 fully saturated rings. The van der Waals surface area contributed by atoms with Crippen LogP contribution in [0.2, 0.25) is 0 Å². The van der Waals surface area contributed by atoms with Crippen LogP contribution >= 0.6 is 15.9 Å². The number of nitrogens with zero attached hydrogens (tertiary/aromatic N) is 4. The maximum absolute atomic E-state index is 12.1. The predicted octanol–water partition coefficient (Wildman–Crippen LogP) is 4.58. The fourth-order valence-electron chi connectivity index (χ4n) is 3.37. The lowest BCUT2D eigenvalue weighted by atomic mass is 10.1. The third-order valence-corrected chi connectivity index (χ3v) is 4.88. The Labute approximate surface area is 191 Å². The van der Waals surface area contributed by atoms with Gasteiger partial charge in [-0.15, -0.1) is 10.2 Å². The Kier molecular flexibility index (Phi) is 6.85. The highest BCUT2D eigenvalue weighted by atomic mass is 79.9. The molecule has 1 N–H and O–H groups in total. The van der Waals surface area contributed by atoms with Gasteiger partial charge in [-0.2, -0.15) is 0 Å². The van der Waals surface area contributed by atoms with E-state index in [0.29, 0.717) is 21.9 Å². The monoisotopic (exact) mass is 491 g/mol. The van der Waals surface area contributed by atoms with E-state index < -0.39 is 11.8 Å². The van der Waals surface area contributed by atoms with E-state index in [-0.39, 0.29) is 11.3 Å². The van der Waals surface area contributed by atoms with E-state index in [4.69, 9.17) is 9.47 Å². The highest BCUT2D eigenvalue weighted by Gasteiger charge is 2.27. The van der Waals surface area contributed by atoms with Crippen LogP contribution < -0.4 is 15.0 Å². The molecule has 31 heavy (non-hydrogen) atoms. The molecule has 1 saturated heterocycles. The molecule has 168 valence electrons. The van der Waals surface area contributed by atoms with Gasteiger partial charge in [0.05, 0.1) is 0 Å². The first-order valence-corrected chi connectivity index (χ1v) is 11.1. The summed E-state index contributed by atoms with van der Waals surface area (Å²) >= 11 is 3.36. The normalized spacial score (nSPS) is 17.0. The fourth-order valence-corrected chi connectivity index (χ4v) is 3.68. The van der Waals surface area contributed by atoms with E-state index in [1.807, 2.05) is 12.1 Å². The van der Waals surface area contributed by atoms with Gasteiger partial charge in [-0.05, 0) is 82.1 Å². The molecule has 0 aromatic carbocycles. The summed E-state index contributed by atoms with van der Waals surface area (Å²) in [7, 11) is 0. The number of anilines is 1. The maximum Gasteiger partial charge on any atom is 0.514 e. The van der Waals surface area contributed by atoms with Gasteiger partial charge in [-0.1, -0.05) is 0 Å². The van der Waals surface area contributed by atoms with Gasteiger partial charge < -0.3 is 19.7 Å². The lowest BCUT2D eigenvalue weighted by Gasteiger charge is -2.26. The summed E-state index contributed by atoms with van der Waals surface area (Å²) < 4.78 is 11.3. The van der Waals surface area contributed by atoms with Crippen molar-refractivity contribution in [1.29, 1.82) is 0 Å². The zero-order valence-electron chi connectivity index (χ0n) is 18.9. The van der Waals surface area contributed by atoms with Crippen molar-refractivity contribution in [2.45, 2.75) is 65.1 Å². The second-order valence-electron chi connectivity index (χ2n) is 9.67. The third-order valence-electron chi connectivity index (χ3n) is 4.44. The number of carbonyl (C=O) groups excluding carboxylic acids is 1. The highest BCUT2D eigenvalue weighted by Crippen LogP contribution is 2.30. The SMILES string of the molecule is CC(C)(C)N[C@@H]1CCN(c2ccc(-c3ncc(Br)cc3OC(=O)OC(C)(C)C)nn2)C1. The molecule has 0 amide bonds. The molecule has 2 aromatic rings. The molecular formula is C22H30BrN5O3. The van der Waals surface area contributed by atoms with Gasteiger partial charge in [0.25, 0.3) is 0 Å². The topological polar surface area (TPSA) is 89.5 Å². The summed E-state index contributed by atoms with van der Waals surface area (Å²) in [6.45, 7) is 13.7. The van der Waals surface area contributed by atoms with Gasteiger partial charge >= 0.3 is 6.16 Å². The third kappa shape index (κ3) is 6.87. The maximum atomic E-state index is 12.1. The first-order chi connectivity index (χ1) is 14.4. The van der Waals surface area contributed by atoms with Crippen molar-refractivity contribution in [2.24, 2.45) is 0 Å². The lowest BCUT2D eigenvalue weighted by molar-refractivity contribution is 0.0206. The number of aromatic nitrogens is 3. The number of rotatable bonds is 4. The summed E-state index contributed by atoms with van der Waals surface area (Å²) in [6, 6.07) is 5.84. The standard InChI is InChI=1S/C22H30BrN5O3/c1-21(2,3)25-15-9-10-28(13-15)18-8-7-16(26-27-18)19-17(11-14(23)12-24-19)30-20(29)31-22(4,5)6/h7-8,11-12,15,25H,9-10,13H2,1-6H3/t15-/m1/s1. The average Bonchev–Trinajstić information content (AvgIpc) is 3.07. The van der Waals surface area contributed by atoms with E-state index in [2.05, 4.69) is 62.1 Å². The minimum atomic E-state index is -0.798. The van der Waals surface area contributed by atoms with E-state index in [1.165, 1.54) is 0 Å². The molecule has 0 spiro atoms. The van der Waals surface area contributed by atoms with Crippen LogP contribution in [-0.2, 0) is 4.74 Å². The highest BCUT2D eigenvalue weighted by molar-refractivity contribution is 9.10. The van der Waals surface area contributed by atoms with Gasteiger partial charge in [0, 0.05) is 35.3 Å². The van der Waals surface area contributed by atoms with Crippen molar-refractivity contribution in [3.05, 3.63) is 28.9 Å². The van der Waals surface area contributed by atoms with Crippen molar-refractivity contribution in [2.75, 3.05) is 18.0 Å². The van der Waals surface area contributed by atoms with Crippen molar-refractivity contribution < 1.29 is 14.3 Å². The molecule has 0 saturated carbocycles. The summed E-state index contributed by atoms with van der Waals surface area (Å²) in [4.78, 5) is 18.7. The second-order valence-corrected chi connectivity index (χ2v) is 10.6. The lowest BCUT2D eigenvalue weighted by Crippen LogP contribution is -2.45. The molecule has 3 heterocycles. The molecule has 0 radical (unpaired) electrons. The Balaban J connectivity index is 1.75. The smallest absolute Gasteiger partial charge is 0.428 e. The summed E-state index contributed by atoms with van der Waals surface area (Å²) in [5, 5.41) is 12.4. The van der Waals surface area contributed by atoms with Crippen LogP contribution in [0.5, 0.6) is 5.75 Å². The van der Waals surface area contributed by atoms with Crippen molar-refractivity contribution >= 4 is 27.9 Å². The molecule has 1 aliphatic rings. The minimum absolute atomic E-state index is 0.0774. The van der Waals surface area contributed by atoms with E-state index in [1.54, 1.807) is 33.0 Å². The van der Waals surface area contributed by atoms with Crippen molar-refractivity contribution in [3.63, 3.8) is 0 Å². The Hall–Kier alpha value is -2.26. The number of hydrogen-bond acceptors (Lipinski definition) is 8. The molecule has 0 bridgehead atoms. The Morgan fingerprint density at radius 1 is 1.19 bits per heavy atom. The van der Waals surface area contributed by atoms with Gasteiger partial charge in [-0.3, -0.25) is 0 Å². The molecule has 3 rings (SSSR count). The molecular weight excluding hydrogens is 462 g/mol. The Morgan fingerprint density at radius 3 is 2.55 bits per heavy atom. The molecule has 8 nitrogen and oxygen atoms in total. The molecule has 1 atom stereocenters. The Bertz CT molecular complexity index is 922. The summed E-state index contributed by atoms with van der Waals surface area (Å²) in [5.41, 5.74) is 0.349. The first kappa shape index (κ1) is 23.4.